The lowest BCUT2D eigenvalue weighted by atomic mass is 10.00. The Labute approximate surface area is 147 Å². The van der Waals surface area contributed by atoms with E-state index in [0.29, 0.717) is 0 Å². The van der Waals surface area contributed by atoms with Crippen LogP contribution >= 0.6 is 0 Å². The lowest BCUT2D eigenvalue weighted by Gasteiger charge is -2.29. The first-order valence-corrected chi connectivity index (χ1v) is 9.31. The van der Waals surface area contributed by atoms with Crippen molar-refractivity contribution in [2.75, 3.05) is 13.2 Å². The molecule has 24 heavy (non-hydrogen) atoms. The minimum atomic E-state index is -0.702. The van der Waals surface area contributed by atoms with Crippen LogP contribution in [0.15, 0.2) is 24.3 Å². The number of allylic oxidation sites excluding steroid dienone is 2. The van der Waals surface area contributed by atoms with Gasteiger partial charge in [-0.2, -0.15) is 0 Å². The fourth-order valence-corrected chi connectivity index (χ4v) is 2.56. The van der Waals surface area contributed by atoms with Crippen LogP contribution in [0.2, 0.25) is 0 Å². The summed E-state index contributed by atoms with van der Waals surface area (Å²) in [6, 6.07) is 0. The first-order valence-electron chi connectivity index (χ1n) is 9.31. The van der Waals surface area contributed by atoms with Crippen molar-refractivity contribution in [2.24, 2.45) is 0 Å². The molecule has 0 amide bonds. The molecule has 2 saturated heterocycles. The fourth-order valence-electron chi connectivity index (χ4n) is 2.56. The highest BCUT2D eigenvalue weighted by Crippen LogP contribution is 2.20. The molecule has 2 aliphatic rings. The average molecular weight is 341 g/mol. The molecule has 4 nitrogen and oxygen atoms in total. The largest absolute Gasteiger partial charge is 0.386 e. The van der Waals surface area contributed by atoms with Crippen LogP contribution in [-0.4, -0.2) is 36.5 Å². The van der Waals surface area contributed by atoms with Crippen molar-refractivity contribution >= 4 is 0 Å². The van der Waals surface area contributed by atoms with Crippen LogP contribution < -0.4 is 0 Å². The second kappa shape index (κ2) is 11.8. The van der Waals surface area contributed by atoms with Crippen LogP contribution in [0.3, 0.4) is 0 Å². The van der Waals surface area contributed by atoms with E-state index < -0.39 is 5.60 Å². The van der Waals surface area contributed by atoms with Crippen molar-refractivity contribution in [3.05, 3.63) is 24.3 Å². The quantitative estimate of drug-likeness (QED) is 0.710. The van der Waals surface area contributed by atoms with Gasteiger partial charge in [0.15, 0.2) is 12.6 Å². The summed E-state index contributed by atoms with van der Waals surface area (Å²) in [4.78, 5) is 0. The van der Waals surface area contributed by atoms with Crippen molar-refractivity contribution in [3.8, 4) is 0 Å². The number of hydrogen-bond donors (Lipinski definition) is 1. The summed E-state index contributed by atoms with van der Waals surface area (Å²) in [6.07, 6.45) is 12.2. The van der Waals surface area contributed by atoms with E-state index in [0.717, 1.165) is 38.9 Å². The van der Waals surface area contributed by atoms with E-state index >= 15 is 0 Å². The van der Waals surface area contributed by atoms with Crippen LogP contribution in [0.5, 0.6) is 0 Å². The Morgan fingerprint density at radius 1 is 1.12 bits per heavy atom. The van der Waals surface area contributed by atoms with E-state index in [1.807, 2.05) is 0 Å². The van der Waals surface area contributed by atoms with Gasteiger partial charge in [-0.15, -0.1) is 6.58 Å². The van der Waals surface area contributed by atoms with E-state index in [1.54, 1.807) is 13.0 Å². The molecule has 2 rings (SSSR count). The van der Waals surface area contributed by atoms with Crippen molar-refractivity contribution < 1.29 is 19.3 Å². The van der Waals surface area contributed by atoms with Crippen LogP contribution in [0.4, 0.5) is 0 Å². The van der Waals surface area contributed by atoms with Crippen molar-refractivity contribution in [3.63, 3.8) is 0 Å². The molecule has 0 spiro atoms. The van der Waals surface area contributed by atoms with Gasteiger partial charge in [-0.05, 0) is 72.1 Å². The lowest BCUT2D eigenvalue weighted by Crippen LogP contribution is -2.31. The Kier molecular flexibility index (Phi) is 10.5. The summed E-state index contributed by atoms with van der Waals surface area (Å²) in [5.74, 6) is 0. The number of ether oxygens (including phenoxy) is 3. The highest BCUT2D eigenvalue weighted by molar-refractivity contribution is 4.97. The van der Waals surface area contributed by atoms with Gasteiger partial charge < -0.3 is 19.3 Å². The Morgan fingerprint density at radius 2 is 1.67 bits per heavy atom. The van der Waals surface area contributed by atoms with E-state index in [1.165, 1.54) is 31.3 Å². The Balaban J connectivity index is 0.000000245. The molecule has 140 valence electrons. The number of aliphatic hydroxyl groups is 1. The van der Waals surface area contributed by atoms with Gasteiger partial charge in [-0.1, -0.05) is 17.7 Å². The minimum absolute atomic E-state index is 0.00292. The highest BCUT2D eigenvalue weighted by Gasteiger charge is 2.21. The number of hydrogen-bond acceptors (Lipinski definition) is 4. The Hall–Kier alpha value is -0.680. The molecule has 2 fully saturated rings. The van der Waals surface area contributed by atoms with Crippen molar-refractivity contribution in [2.45, 2.75) is 90.3 Å². The van der Waals surface area contributed by atoms with Crippen LogP contribution in [0.1, 0.15) is 72.1 Å². The summed E-state index contributed by atoms with van der Waals surface area (Å²) < 4.78 is 16.6. The smallest absolute Gasteiger partial charge is 0.160 e. The highest BCUT2D eigenvalue weighted by atomic mass is 16.8. The first-order chi connectivity index (χ1) is 11.4. The van der Waals surface area contributed by atoms with Crippen LogP contribution in [-0.2, 0) is 14.2 Å². The zero-order valence-electron chi connectivity index (χ0n) is 15.8. The SMILES string of the molecule is C1CCC(OC2CCCCO2)OC1.C=CC(C)(O)CCC=C(C)C. The maximum absolute atomic E-state index is 9.49. The van der Waals surface area contributed by atoms with Crippen LogP contribution in [0, 0.1) is 0 Å². The molecule has 0 aromatic heterocycles. The van der Waals surface area contributed by atoms with E-state index in [2.05, 4.69) is 26.5 Å². The monoisotopic (exact) mass is 340 g/mol. The third-order valence-electron chi connectivity index (χ3n) is 4.22. The molecular formula is C20H36O4. The van der Waals surface area contributed by atoms with E-state index in [4.69, 9.17) is 14.2 Å². The second-order valence-corrected chi connectivity index (χ2v) is 7.11. The van der Waals surface area contributed by atoms with Crippen molar-refractivity contribution in [1.29, 1.82) is 0 Å². The standard InChI is InChI=1S/C10H18O3.C10H18O/c1-3-7-11-9(5-1)13-10-6-2-4-8-12-10;1-5-10(4,11)8-6-7-9(2)3/h9-10H,1-8H2;5,7,11H,1,6,8H2,2-4H3. The van der Waals surface area contributed by atoms with Gasteiger partial charge in [0, 0.05) is 13.2 Å². The third-order valence-corrected chi connectivity index (χ3v) is 4.22. The second-order valence-electron chi connectivity index (χ2n) is 7.11. The summed E-state index contributed by atoms with van der Waals surface area (Å²) >= 11 is 0. The normalized spacial score (nSPS) is 26.5. The molecule has 0 aromatic rings. The molecule has 1 N–H and O–H groups in total. The van der Waals surface area contributed by atoms with Gasteiger partial charge in [0.05, 0.1) is 5.60 Å². The number of rotatable bonds is 6. The molecule has 0 saturated carbocycles. The predicted octanol–water partition coefficient (Wildman–Crippen LogP) is 4.73. The molecule has 0 bridgehead atoms. The van der Waals surface area contributed by atoms with Gasteiger partial charge in [-0.25, -0.2) is 0 Å². The summed E-state index contributed by atoms with van der Waals surface area (Å²) in [6.45, 7) is 11.1. The van der Waals surface area contributed by atoms with E-state index in [9.17, 15) is 5.11 Å². The molecular weight excluding hydrogens is 304 g/mol. The van der Waals surface area contributed by atoms with Gasteiger partial charge >= 0.3 is 0 Å². The van der Waals surface area contributed by atoms with Gasteiger partial charge in [-0.3, -0.25) is 0 Å². The van der Waals surface area contributed by atoms with Gasteiger partial charge in [0.1, 0.15) is 0 Å². The summed E-state index contributed by atoms with van der Waals surface area (Å²) in [5, 5.41) is 9.49. The summed E-state index contributed by atoms with van der Waals surface area (Å²) in [7, 11) is 0. The summed E-state index contributed by atoms with van der Waals surface area (Å²) in [5.41, 5.74) is 0.594. The maximum atomic E-state index is 9.49. The topological polar surface area (TPSA) is 47.9 Å². The zero-order valence-corrected chi connectivity index (χ0v) is 15.8. The lowest BCUT2D eigenvalue weighted by molar-refractivity contribution is -0.264. The third kappa shape index (κ3) is 10.2. The fraction of sp³-hybridized carbons (Fsp3) is 0.800. The molecule has 2 heterocycles. The molecule has 3 unspecified atom stereocenters. The predicted molar refractivity (Wildman–Crippen MR) is 97.8 cm³/mol. The molecule has 0 radical (unpaired) electrons. The van der Waals surface area contributed by atoms with Crippen molar-refractivity contribution in [1.82, 2.24) is 0 Å². The first kappa shape index (κ1) is 21.4. The maximum Gasteiger partial charge on any atom is 0.160 e. The molecule has 0 aliphatic carbocycles. The minimum Gasteiger partial charge on any atom is -0.386 e. The Morgan fingerprint density at radius 3 is 2.04 bits per heavy atom. The molecule has 2 aliphatic heterocycles. The van der Waals surface area contributed by atoms with Gasteiger partial charge in [0.2, 0.25) is 0 Å². The molecule has 3 atom stereocenters. The average Bonchev–Trinajstić information content (AvgIpc) is 2.57. The molecule has 4 heteroatoms. The van der Waals surface area contributed by atoms with Crippen LogP contribution in [0.25, 0.3) is 0 Å². The zero-order chi connectivity index (χ0) is 17.8. The molecule has 0 aromatic carbocycles. The Bertz CT molecular complexity index is 344. The van der Waals surface area contributed by atoms with Gasteiger partial charge in [0.25, 0.3) is 0 Å². The van der Waals surface area contributed by atoms with E-state index in [-0.39, 0.29) is 12.6 Å².